The summed E-state index contributed by atoms with van der Waals surface area (Å²) < 4.78 is 0. The first-order valence-electron chi connectivity index (χ1n) is 6.54. The van der Waals surface area contributed by atoms with Crippen molar-refractivity contribution >= 4 is 28.2 Å². The molecule has 0 atom stereocenters. The predicted octanol–water partition coefficient (Wildman–Crippen LogP) is 2.41. The molecule has 1 aromatic carbocycles. The molecular weight excluding hydrogens is 266 g/mol. The molecule has 0 radical (unpaired) electrons. The van der Waals surface area contributed by atoms with Crippen molar-refractivity contribution < 1.29 is 4.79 Å². The third kappa shape index (κ3) is 2.20. The van der Waals surface area contributed by atoms with Gasteiger partial charge in [0, 0.05) is 11.6 Å². The lowest BCUT2D eigenvalue weighted by Crippen LogP contribution is -2.14. The highest BCUT2D eigenvalue weighted by Gasteiger charge is 2.15. The molecule has 0 aliphatic rings. The Labute approximate surface area is 121 Å². The van der Waals surface area contributed by atoms with E-state index in [1.165, 1.54) is 6.20 Å². The molecule has 0 saturated carbocycles. The van der Waals surface area contributed by atoms with Gasteiger partial charge in [0.1, 0.15) is 5.82 Å². The van der Waals surface area contributed by atoms with E-state index in [-0.39, 0.29) is 5.91 Å². The number of nitrogen functional groups attached to an aromatic ring is 1. The van der Waals surface area contributed by atoms with Crippen molar-refractivity contribution in [1.29, 1.82) is 0 Å². The Balaban J connectivity index is 2.05. The fourth-order valence-electron chi connectivity index (χ4n) is 2.31. The number of H-pyrrole nitrogens is 1. The average Bonchev–Trinajstić information content (AvgIpc) is 2.80. The van der Waals surface area contributed by atoms with E-state index >= 15 is 0 Å². The molecule has 0 bridgehead atoms. The minimum absolute atomic E-state index is 0.230. The average molecular weight is 281 g/mol. The molecule has 6 nitrogen and oxygen atoms in total. The zero-order valence-electron chi connectivity index (χ0n) is 11.8. The molecule has 0 fully saturated rings. The van der Waals surface area contributed by atoms with E-state index in [1.54, 1.807) is 0 Å². The third-order valence-corrected chi connectivity index (χ3v) is 3.44. The van der Waals surface area contributed by atoms with Crippen molar-refractivity contribution in [3.63, 3.8) is 0 Å². The van der Waals surface area contributed by atoms with Gasteiger partial charge in [-0.2, -0.15) is 5.10 Å². The van der Waals surface area contributed by atoms with Crippen LogP contribution < -0.4 is 11.1 Å². The molecule has 21 heavy (non-hydrogen) atoms. The molecular formula is C15H15N5O. The Hall–Kier alpha value is -2.89. The highest BCUT2D eigenvalue weighted by Crippen LogP contribution is 2.24. The number of aryl methyl sites for hydroxylation is 2. The first-order valence-corrected chi connectivity index (χ1v) is 6.54. The van der Waals surface area contributed by atoms with Gasteiger partial charge < -0.3 is 11.1 Å². The van der Waals surface area contributed by atoms with Crippen LogP contribution in [0.1, 0.15) is 21.7 Å². The van der Waals surface area contributed by atoms with Crippen LogP contribution >= 0.6 is 0 Å². The van der Waals surface area contributed by atoms with Crippen LogP contribution in [-0.4, -0.2) is 21.1 Å². The molecule has 0 spiro atoms. The molecule has 1 amide bonds. The maximum absolute atomic E-state index is 12.5. The van der Waals surface area contributed by atoms with Crippen LogP contribution in [0.5, 0.6) is 0 Å². The molecule has 0 saturated heterocycles. The summed E-state index contributed by atoms with van der Waals surface area (Å²) in [5.74, 6) is 0.184. The number of anilines is 2. The number of aromatic nitrogens is 3. The van der Waals surface area contributed by atoms with Crippen LogP contribution in [0.15, 0.2) is 30.5 Å². The Kier molecular flexibility index (Phi) is 3.06. The minimum atomic E-state index is -0.230. The Bertz CT molecular complexity index is 818. The standard InChI is InChI=1S/C15H15N5O/c1-8-13(9(2)20-19-8)18-15(21)12-7-17-14(16)11-6-4-3-5-10(11)12/h3-7H,1-2H3,(H2,16,17)(H,18,21)(H,19,20). The largest absolute Gasteiger partial charge is 0.383 e. The summed E-state index contributed by atoms with van der Waals surface area (Å²) in [4.78, 5) is 16.6. The van der Waals surface area contributed by atoms with Gasteiger partial charge in [0.15, 0.2) is 0 Å². The number of hydrogen-bond donors (Lipinski definition) is 3. The number of benzene rings is 1. The normalized spacial score (nSPS) is 10.8. The van der Waals surface area contributed by atoms with Crippen LogP contribution in [0.25, 0.3) is 10.8 Å². The Morgan fingerprint density at radius 3 is 2.62 bits per heavy atom. The van der Waals surface area contributed by atoms with Crippen molar-refractivity contribution in [2.45, 2.75) is 13.8 Å². The summed E-state index contributed by atoms with van der Waals surface area (Å²) in [5.41, 5.74) is 8.59. The maximum Gasteiger partial charge on any atom is 0.257 e. The van der Waals surface area contributed by atoms with E-state index in [0.29, 0.717) is 17.1 Å². The van der Waals surface area contributed by atoms with Crippen LogP contribution in [0.4, 0.5) is 11.5 Å². The van der Waals surface area contributed by atoms with E-state index in [9.17, 15) is 4.79 Å². The van der Waals surface area contributed by atoms with E-state index in [1.807, 2.05) is 38.1 Å². The van der Waals surface area contributed by atoms with Crippen molar-refractivity contribution in [1.82, 2.24) is 15.2 Å². The molecule has 3 aromatic rings. The molecule has 106 valence electrons. The molecule has 0 unspecified atom stereocenters. The number of amides is 1. The van der Waals surface area contributed by atoms with Crippen LogP contribution in [0, 0.1) is 13.8 Å². The zero-order valence-corrected chi connectivity index (χ0v) is 11.8. The van der Waals surface area contributed by atoms with E-state index < -0.39 is 0 Å². The molecule has 3 rings (SSSR count). The monoisotopic (exact) mass is 281 g/mol. The number of aromatic amines is 1. The lowest BCUT2D eigenvalue weighted by atomic mass is 10.1. The van der Waals surface area contributed by atoms with Gasteiger partial charge in [0.2, 0.25) is 0 Å². The second-order valence-electron chi connectivity index (χ2n) is 4.87. The quantitative estimate of drug-likeness (QED) is 0.672. The van der Waals surface area contributed by atoms with E-state index in [2.05, 4.69) is 20.5 Å². The smallest absolute Gasteiger partial charge is 0.257 e. The van der Waals surface area contributed by atoms with Crippen molar-refractivity contribution in [2.75, 3.05) is 11.1 Å². The molecule has 6 heteroatoms. The molecule has 4 N–H and O–H groups in total. The Morgan fingerprint density at radius 2 is 1.95 bits per heavy atom. The highest BCUT2D eigenvalue weighted by molar-refractivity contribution is 6.14. The number of hydrogen-bond acceptors (Lipinski definition) is 4. The SMILES string of the molecule is Cc1n[nH]c(C)c1NC(=O)c1cnc(N)c2ccccc12. The number of carbonyl (C=O) groups excluding carboxylic acids is 1. The van der Waals surface area contributed by atoms with Gasteiger partial charge in [-0.1, -0.05) is 24.3 Å². The number of carbonyl (C=O) groups is 1. The number of pyridine rings is 1. The number of nitrogens with zero attached hydrogens (tertiary/aromatic N) is 2. The lowest BCUT2D eigenvalue weighted by Gasteiger charge is -2.09. The summed E-state index contributed by atoms with van der Waals surface area (Å²) in [6, 6.07) is 7.44. The Morgan fingerprint density at radius 1 is 1.24 bits per heavy atom. The third-order valence-electron chi connectivity index (χ3n) is 3.44. The van der Waals surface area contributed by atoms with E-state index in [0.717, 1.165) is 22.2 Å². The van der Waals surface area contributed by atoms with Crippen LogP contribution in [-0.2, 0) is 0 Å². The topological polar surface area (TPSA) is 96.7 Å². The number of nitrogens with two attached hydrogens (primary N) is 1. The van der Waals surface area contributed by atoms with Gasteiger partial charge in [0.25, 0.3) is 5.91 Å². The van der Waals surface area contributed by atoms with Gasteiger partial charge in [-0.05, 0) is 19.2 Å². The second kappa shape index (κ2) is 4.90. The maximum atomic E-state index is 12.5. The van der Waals surface area contributed by atoms with Gasteiger partial charge in [0.05, 0.1) is 22.6 Å². The van der Waals surface area contributed by atoms with Crippen molar-refractivity contribution in [3.05, 3.63) is 47.4 Å². The van der Waals surface area contributed by atoms with Gasteiger partial charge in [-0.15, -0.1) is 0 Å². The van der Waals surface area contributed by atoms with Crippen LogP contribution in [0.2, 0.25) is 0 Å². The van der Waals surface area contributed by atoms with Gasteiger partial charge in [-0.3, -0.25) is 9.89 Å². The summed E-state index contributed by atoms with van der Waals surface area (Å²) in [5, 5.41) is 11.3. The fourth-order valence-corrected chi connectivity index (χ4v) is 2.31. The summed E-state index contributed by atoms with van der Waals surface area (Å²) in [6.45, 7) is 3.69. The molecule has 2 aromatic heterocycles. The summed E-state index contributed by atoms with van der Waals surface area (Å²) in [7, 11) is 0. The van der Waals surface area contributed by atoms with Gasteiger partial charge in [-0.25, -0.2) is 4.98 Å². The summed E-state index contributed by atoms with van der Waals surface area (Å²) >= 11 is 0. The predicted molar refractivity (Wildman–Crippen MR) is 82.2 cm³/mol. The van der Waals surface area contributed by atoms with Crippen molar-refractivity contribution in [3.8, 4) is 0 Å². The van der Waals surface area contributed by atoms with E-state index in [4.69, 9.17) is 5.73 Å². The number of nitrogens with one attached hydrogen (secondary N) is 2. The highest BCUT2D eigenvalue weighted by atomic mass is 16.1. The lowest BCUT2D eigenvalue weighted by molar-refractivity contribution is 0.102. The zero-order chi connectivity index (χ0) is 15.0. The van der Waals surface area contributed by atoms with Gasteiger partial charge >= 0.3 is 0 Å². The second-order valence-corrected chi connectivity index (χ2v) is 4.87. The first kappa shape index (κ1) is 13.1. The number of rotatable bonds is 2. The molecule has 2 heterocycles. The van der Waals surface area contributed by atoms with Crippen molar-refractivity contribution in [2.24, 2.45) is 0 Å². The molecule has 0 aliphatic carbocycles. The van der Waals surface area contributed by atoms with Crippen LogP contribution in [0.3, 0.4) is 0 Å². The number of fused-ring (bicyclic) bond motifs is 1. The first-order chi connectivity index (χ1) is 10.1. The summed E-state index contributed by atoms with van der Waals surface area (Å²) in [6.07, 6.45) is 1.50. The minimum Gasteiger partial charge on any atom is -0.383 e. The molecule has 0 aliphatic heterocycles. The fraction of sp³-hybridized carbons (Fsp3) is 0.133.